The van der Waals surface area contributed by atoms with Crippen LogP contribution in [0.15, 0.2) is 0 Å². The van der Waals surface area contributed by atoms with Crippen molar-refractivity contribution in [3.05, 3.63) is 0 Å². The van der Waals surface area contributed by atoms with Gasteiger partial charge in [0.15, 0.2) is 0 Å². The number of hydrogen-bond donors (Lipinski definition) is 0. The van der Waals surface area contributed by atoms with Gasteiger partial charge in [-0.3, -0.25) is 4.79 Å². The zero-order chi connectivity index (χ0) is 9.84. The van der Waals surface area contributed by atoms with Gasteiger partial charge in [0.05, 0.1) is 13.5 Å². The van der Waals surface area contributed by atoms with Crippen LogP contribution in [-0.2, 0) is 9.53 Å². The van der Waals surface area contributed by atoms with Gasteiger partial charge in [0.2, 0.25) is 0 Å². The minimum absolute atomic E-state index is 0.149. The molecule has 1 aliphatic rings. The number of carbonyl (C=O) groups excluding carboxylic acids is 1. The molecule has 0 bridgehead atoms. The van der Waals surface area contributed by atoms with Crippen LogP contribution < -0.4 is 0 Å². The Kier molecular flexibility index (Phi) is 3.66. The maximum Gasteiger partial charge on any atom is 0.305 e. The largest absolute Gasteiger partial charge is 0.469 e. The first-order valence-corrected chi connectivity index (χ1v) is 4.53. The highest BCUT2D eigenvalue weighted by atomic mass is 19.1. The Labute approximate surface area is 77.9 Å². The Bertz CT molecular complexity index is 186. The van der Waals surface area contributed by atoms with Gasteiger partial charge in [-0.25, -0.2) is 4.39 Å². The topological polar surface area (TPSA) is 29.5 Å². The van der Waals surface area contributed by atoms with Gasteiger partial charge in [-0.1, -0.05) is 0 Å². The van der Waals surface area contributed by atoms with Crippen LogP contribution in [0.3, 0.4) is 0 Å². The molecule has 3 nitrogen and oxygen atoms in total. The van der Waals surface area contributed by atoms with Gasteiger partial charge in [-0.2, -0.15) is 0 Å². The fraction of sp³-hybridized carbons (Fsp3) is 0.889. The lowest BCUT2D eigenvalue weighted by Gasteiger charge is -2.31. The smallest absolute Gasteiger partial charge is 0.305 e. The number of carbonyl (C=O) groups is 1. The Morgan fingerprint density at radius 2 is 2.38 bits per heavy atom. The molecule has 13 heavy (non-hydrogen) atoms. The first kappa shape index (κ1) is 10.4. The molecule has 1 aliphatic heterocycles. The number of ether oxygens (including phenoxy) is 1. The molecule has 0 aromatic carbocycles. The van der Waals surface area contributed by atoms with E-state index in [-0.39, 0.29) is 18.3 Å². The van der Waals surface area contributed by atoms with Crippen LogP contribution >= 0.6 is 0 Å². The second-order valence-corrected chi connectivity index (χ2v) is 3.61. The number of esters is 1. The first-order valence-electron chi connectivity index (χ1n) is 4.53. The summed E-state index contributed by atoms with van der Waals surface area (Å²) in [5.74, 6) is -0.458. The number of hydrogen-bond acceptors (Lipinski definition) is 3. The molecule has 1 rings (SSSR count). The molecule has 0 spiro atoms. The van der Waals surface area contributed by atoms with Crippen molar-refractivity contribution in [2.45, 2.75) is 19.0 Å². The van der Waals surface area contributed by atoms with Crippen LogP contribution in [0.2, 0.25) is 0 Å². The molecule has 2 atom stereocenters. The molecule has 0 aliphatic carbocycles. The molecule has 0 radical (unpaired) electrons. The maximum absolute atomic E-state index is 13.3. The van der Waals surface area contributed by atoms with Crippen LogP contribution in [0.5, 0.6) is 0 Å². The van der Waals surface area contributed by atoms with Crippen molar-refractivity contribution in [1.29, 1.82) is 0 Å². The van der Waals surface area contributed by atoms with E-state index < -0.39 is 6.17 Å². The molecular formula is C9H16FNO2. The standard InChI is InChI=1S/C9H16FNO2/c1-11-4-3-7(8(10)6-11)5-9(12)13-2/h7-8H,3-6H2,1-2H3. The summed E-state index contributed by atoms with van der Waals surface area (Å²) >= 11 is 0. The third-order valence-electron chi connectivity index (χ3n) is 2.54. The third kappa shape index (κ3) is 2.95. The van der Waals surface area contributed by atoms with Gasteiger partial charge in [0.1, 0.15) is 6.17 Å². The molecule has 1 saturated heterocycles. The first-order chi connectivity index (χ1) is 6.13. The molecule has 0 saturated carbocycles. The van der Waals surface area contributed by atoms with E-state index in [9.17, 15) is 9.18 Å². The van der Waals surface area contributed by atoms with E-state index in [4.69, 9.17) is 0 Å². The lowest BCUT2D eigenvalue weighted by atomic mass is 9.92. The summed E-state index contributed by atoms with van der Waals surface area (Å²) in [6.45, 7) is 1.30. The molecule has 0 aromatic heterocycles. The van der Waals surface area contributed by atoms with Crippen molar-refractivity contribution < 1.29 is 13.9 Å². The van der Waals surface area contributed by atoms with Crippen molar-refractivity contribution in [2.24, 2.45) is 5.92 Å². The van der Waals surface area contributed by atoms with Crippen molar-refractivity contribution >= 4 is 5.97 Å². The highest BCUT2D eigenvalue weighted by Gasteiger charge is 2.29. The van der Waals surface area contributed by atoms with Crippen LogP contribution in [0, 0.1) is 5.92 Å². The van der Waals surface area contributed by atoms with Gasteiger partial charge < -0.3 is 9.64 Å². The lowest BCUT2D eigenvalue weighted by Crippen LogP contribution is -2.40. The van der Waals surface area contributed by atoms with E-state index in [2.05, 4.69) is 4.74 Å². The number of alkyl halides is 1. The van der Waals surface area contributed by atoms with Gasteiger partial charge in [0.25, 0.3) is 0 Å². The number of methoxy groups -OCH3 is 1. The molecule has 0 aromatic rings. The van der Waals surface area contributed by atoms with Crippen molar-refractivity contribution in [2.75, 3.05) is 27.2 Å². The van der Waals surface area contributed by atoms with Crippen LogP contribution in [0.1, 0.15) is 12.8 Å². The van der Waals surface area contributed by atoms with Crippen molar-refractivity contribution in [1.82, 2.24) is 4.90 Å². The predicted molar refractivity (Wildman–Crippen MR) is 47.1 cm³/mol. The van der Waals surface area contributed by atoms with Crippen molar-refractivity contribution in [3.63, 3.8) is 0 Å². The van der Waals surface area contributed by atoms with E-state index in [1.165, 1.54) is 7.11 Å². The SMILES string of the molecule is COC(=O)CC1CCN(C)CC1F. The maximum atomic E-state index is 13.3. The Morgan fingerprint density at radius 1 is 1.69 bits per heavy atom. The second kappa shape index (κ2) is 4.56. The fourth-order valence-electron chi connectivity index (χ4n) is 1.63. The zero-order valence-corrected chi connectivity index (χ0v) is 8.12. The van der Waals surface area contributed by atoms with E-state index in [1.54, 1.807) is 0 Å². The van der Waals surface area contributed by atoms with Crippen LogP contribution in [0.25, 0.3) is 0 Å². The van der Waals surface area contributed by atoms with Gasteiger partial charge in [-0.05, 0) is 20.0 Å². The molecule has 76 valence electrons. The molecule has 4 heteroatoms. The molecule has 0 amide bonds. The summed E-state index contributed by atoms with van der Waals surface area (Å²) in [6.07, 6.45) is 0.0657. The van der Waals surface area contributed by atoms with E-state index >= 15 is 0 Å². The molecule has 0 N–H and O–H groups in total. The number of halogens is 1. The quantitative estimate of drug-likeness (QED) is 0.603. The zero-order valence-electron chi connectivity index (χ0n) is 8.12. The second-order valence-electron chi connectivity index (χ2n) is 3.61. The predicted octanol–water partition coefficient (Wildman–Crippen LogP) is 0.839. The minimum Gasteiger partial charge on any atom is -0.469 e. The van der Waals surface area contributed by atoms with E-state index in [0.29, 0.717) is 6.54 Å². The van der Waals surface area contributed by atoms with Gasteiger partial charge in [0, 0.05) is 12.5 Å². The van der Waals surface area contributed by atoms with E-state index in [0.717, 1.165) is 13.0 Å². The molecule has 1 heterocycles. The summed E-state index contributed by atoms with van der Waals surface area (Å²) in [5.41, 5.74) is 0. The number of rotatable bonds is 2. The van der Waals surface area contributed by atoms with E-state index in [1.807, 2.05) is 11.9 Å². The summed E-state index contributed by atoms with van der Waals surface area (Å²) in [5, 5.41) is 0. The average molecular weight is 189 g/mol. The molecular weight excluding hydrogens is 173 g/mol. The highest BCUT2D eigenvalue weighted by molar-refractivity contribution is 5.69. The number of piperidine rings is 1. The Morgan fingerprint density at radius 3 is 2.92 bits per heavy atom. The van der Waals surface area contributed by atoms with Gasteiger partial charge >= 0.3 is 5.97 Å². The number of nitrogens with zero attached hydrogens (tertiary/aromatic N) is 1. The lowest BCUT2D eigenvalue weighted by molar-refractivity contribution is -0.142. The normalized spacial score (nSPS) is 30.1. The summed E-state index contributed by atoms with van der Waals surface area (Å²) in [7, 11) is 3.23. The average Bonchev–Trinajstić information content (AvgIpc) is 2.09. The molecule has 2 unspecified atom stereocenters. The Hall–Kier alpha value is -0.640. The fourth-order valence-corrected chi connectivity index (χ4v) is 1.63. The van der Waals surface area contributed by atoms with Crippen LogP contribution in [0.4, 0.5) is 4.39 Å². The Balaban J connectivity index is 2.38. The summed E-state index contributed by atoms with van der Waals surface area (Å²) in [6, 6.07) is 0. The minimum atomic E-state index is -0.891. The number of likely N-dealkylation sites (tertiary alicyclic amines) is 1. The van der Waals surface area contributed by atoms with Gasteiger partial charge in [-0.15, -0.1) is 0 Å². The molecule has 1 fully saturated rings. The van der Waals surface area contributed by atoms with Crippen LogP contribution in [-0.4, -0.2) is 44.3 Å². The highest BCUT2D eigenvalue weighted by Crippen LogP contribution is 2.22. The summed E-state index contributed by atoms with van der Waals surface area (Å²) < 4.78 is 17.9. The van der Waals surface area contributed by atoms with Crippen molar-refractivity contribution in [3.8, 4) is 0 Å². The monoisotopic (exact) mass is 189 g/mol. The third-order valence-corrected chi connectivity index (χ3v) is 2.54. The summed E-state index contributed by atoms with van der Waals surface area (Å²) in [4.78, 5) is 12.8.